The van der Waals surface area contributed by atoms with Gasteiger partial charge in [-0.05, 0) is 44.8 Å². The molecule has 5 aromatic rings. The van der Waals surface area contributed by atoms with E-state index in [4.69, 9.17) is 10.5 Å². The zero-order valence-electron chi connectivity index (χ0n) is 17.8. The highest BCUT2D eigenvalue weighted by atomic mass is 79.9. The van der Waals surface area contributed by atoms with E-state index in [2.05, 4.69) is 72.7 Å². The second-order valence-electron chi connectivity index (χ2n) is 7.47. The molecule has 5 rings (SSSR count). The van der Waals surface area contributed by atoms with Gasteiger partial charge in [-0.25, -0.2) is 4.98 Å². The number of benzene rings is 3. The first-order valence-electron chi connectivity index (χ1n) is 10.3. The maximum absolute atomic E-state index is 6.08. The molecule has 33 heavy (non-hydrogen) atoms. The number of methoxy groups -OCH3 is 1. The van der Waals surface area contributed by atoms with E-state index in [0.29, 0.717) is 16.1 Å². The van der Waals surface area contributed by atoms with Gasteiger partial charge in [-0.1, -0.05) is 72.8 Å². The quantitative estimate of drug-likeness (QED) is 0.323. The number of fused-ring (bicyclic) bond motifs is 1. The number of nitrogen functional groups attached to an aromatic ring is 1. The number of ether oxygens (including phenoxy) is 1. The molecular weight excluding hydrogens is 480 g/mol. The second-order valence-corrected chi connectivity index (χ2v) is 8.28. The number of imidazole rings is 1. The molecule has 2 heterocycles. The molecule has 0 atom stereocenters. The van der Waals surface area contributed by atoms with Crippen LogP contribution in [0, 0.1) is 0 Å². The number of nitrogens with zero attached hydrogens (tertiary/aromatic N) is 4. The molecule has 164 valence electrons. The molecular formula is C25H21BrN6O. The van der Waals surface area contributed by atoms with Gasteiger partial charge >= 0.3 is 0 Å². The number of nitrogens with two attached hydrogens (primary N) is 1. The molecule has 0 aliphatic rings. The SMILES string of the molecule is COc1ccc(C(Nc2nc(N)nn3c(Br)cnc23)(c2ccccc2)c2ccccc2)cc1. The maximum Gasteiger partial charge on any atom is 0.240 e. The summed E-state index contributed by atoms with van der Waals surface area (Å²) in [5, 5.41) is 7.98. The number of rotatable bonds is 6. The van der Waals surface area contributed by atoms with E-state index in [1.165, 1.54) is 0 Å². The number of hydrogen-bond acceptors (Lipinski definition) is 6. The Hall–Kier alpha value is -3.91. The van der Waals surface area contributed by atoms with Crippen molar-refractivity contribution in [2.45, 2.75) is 5.54 Å². The Kier molecular flexibility index (Phi) is 5.43. The van der Waals surface area contributed by atoms with Crippen molar-refractivity contribution in [1.29, 1.82) is 0 Å². The van der Waals surface area contributed by atoms with E-state index in [1.807, 2.05) is 48.5 Å². The van der Waals surface area contributed by atoms with E-state index < -0.39 is 5.54 Å². The smallest absolute Gasteiger partial charge is 0.240 e. The van der Waals surface area contributed by atoms with Crippen LogP contribution < -0.4 is 15.8 Å². The molecule has 2 aromatic heterocycles. The Balaban J connectivity index is 1.82. The van der Waals surface area contributed by atoms with Gasteiger partial charge < -0.3 is 15.8 Å². The van der Waals surface area contributed by atoms with Crippen LogP contribution in [0.3, 0.4) is 0 Å². The van der Waals surface area contributed by atoms with Gasteiger partial charge in [0, 0.05) is 0 Å². The Bertz CT molecular complexity index is 1350. The van der Waals surface area contributed by atoms with Crippen molar-refractivity contribution in [2.24, 2.45) is 0 Å². The first kappa shape index (κ1) is 21.0. The standard InChI is InChI=1S/C25H21BrN6O/c1-33-20-14-12-19(13-15-20)25(17-8-4-2-5-9-17,18-10-6-3-7-11-18)30-22-23-28-16-21(26)32(23)31-24(27)29-22/h2-16H,1H3,(H3,27,29,30,31). The summed E-state index contributed by atoms with van der Waals surface area (Å²) in [4.78, 5) is 9.04. The van der Waals surface area contributed by atoms with Crippen molar-refractivity contribution in [1.82, 2.24) is 19.6 Å². The predicted molar refractivity (Wildman–Crippen MR) is 132 cm³/mol. The Morgan fingerprint density at radius 3 is 2.03 bits per heavy atom. The largest absolute Gasteiger partial charge is 0.497 e. The Morgan fingerprint density at radius 2 is 1.45 bits per heavy atom. The van der Waals surface area contributed by atoms with Crippen molar-refractivity contribution in [3.8, 4) is 5.75 Å². The monoisotopic (exact) mass is 500 g/mol. The van der Waals surface area contributed by atoms with E-state index in [9.17, 15) is 0 Å². The van der Waals surface area contributed by atoms with Gasteiger partial charge in [-0.2, -0.15) is 9.50 Å². The van der Waals surface area contributed by atoms with Gasteiger partial charge in [0.2, 0.25) is 5.95 Å². The molecule has 0 aliphatic carbocycles. The van der Waals surface area contributed by atoms with Crippen LogP contribution >= 0.6 is 15.9 Å². The van der Waals surface area contributed by atoms with Crippen LogP contribution in [0.15, 0.2) is 95.7 Å². The highest BCUT2D eigenvalue weighted by molar-refractivity contribution is 9.10. The average Bonchev–Trinajstić information content (AvgIpc) is 3.24. The third-order valence-corrected chi connectivity index (χ3v) is 6.12. The Morgan fingerprint density at radius 1 is 0.879 bits per heavy atom. The lowest BCUT2D eigenvalue weighted by Crippen LogP contribution is -2.38. The van der Waals surface area contributed by atoms with Crippen LogP contribution in [0.25, 0.3) is 5.65 Å². The van der Waals surface area contributed by atoms with Crippen molar-refractivity contribution >= 4 is 33.3 Å². The number of hydrogen-bond donors (Lipinski definition) is 2. The summed E-state index contributed by atoms with van der Waals surface area (Å²) in [5.74, 6) is 1.42. The summed E-state index contributed by atoms with van der Waals surface area (Å²) < 4.78 is 7.72. The summed E-state index contributed by atoms with van der Waals surface area (Å²) >= 11 is 3.48. The van der Waals surface area contributed by atoms with Gasteiger partial charge in [-0.3, -0.25) is 0 Å². The number of halogens is 1. The van der Waals surface area contributed by atoms with Gasteiger partial charge in [0.25, 0.3) is 0 Å². The number of nitrogens with one attached hydrogen (secondary N) is 1. The third kappa shape index (κ3) is 3.68. The van der Waals surface area contributed by atoms with Crippen molar-refractivity contribution < 1.29 is 4.74 Å². The molecule has 3 aromatic carbocycles. The van der Waals surface area contributed by atoms with Crippen molar-refractivity contribution in [3.05, 3.63) is 112 Å². The second kappa shape index (κ2) is 8.55. The van der Waals surface area contributed by atoms with E-state index in [-0.39, 0.29) is 5.95 Å². The van der Waals surface area contributed by atoms with E-state index in [0.717, 1.165) is 22.4 Å². The van der Waals surface area contributed by atoms with Crippen LogP contribution in [0.2, 0.25) is 0 Å². The highest BCUT2D eigenvalue weighted by Crippen LogP contribution is 2.41. The Labute approximate surface area is 199 Å². The summed E-state index contributed by atoms with van der Waals surface area (Å²) in [5.41, 5.74) is 8.90. The molecule has 0 saturated carbocycles. The molecule has 0 fully saturated rings. The number of anilines is 2. The first-order valence-corrected chi connectivity index (χ1v) is 11.1. The minimum Gasteiger partial charge on any atom is -0.497 e. The lowest BCUT2D eigenvalue weighted by Gasteiger charge is -2.37. The molecule has 0 amide bonds. The third-order valence-electron chi connectivity index (χ3n) is 5.58. The summed E-state index contributed by atoms with van der Waals surface area (Å²) in [6.45, 7) is 0. The fraction of sp³-hybridized carbons (Fsp3) is 0.0800. The topological polar surface area (TPSA) is 90.4 Å². The van der Waals surface area contributed by atoms with Crippen molar-refractivity contribution in [2.75, 3.05) is 18.2 Å². The van der Waals surface area contributed by atoms with Crippen LogP contribution in [-0.4, -0.2) is 26.7 Å². The normalized spacial score (nSPS) is 11.5. The summed E-state index contributed by atoms with van der Waals surface area (Å²) in [6, 6.07) is 28.5. The highest BCUT2D eigenvalue weighted by Gasteiger charge is 2.37. The zero-order chi connectivity index (χ0) is 22.8. The molecule has 3 N–H and O–H groups in total. The van der Waals surface area contributed by atoms with Gasteiger partial charge in [-0.15, -0.1) is 5.10 Å². The van der Waals surface area contributed by atoms with Gasteiger partial charge in [0.1, 0.15) is 15.9 Å². The molecule has 7 nitrogen and oxygen atoms in total. The molecule has 0 saturated heterocycles. The lowest BCUT2D eigenvalue weighted by atomic mass is 9.77. The van der Waals surface area contributed by atoms with E-state index in [1.54, 1.807) is 17.8 Å². The molecule has 0 radical (unpaired) electrons. The molecule has 0 spiro atoms. The van der Waals surface area contributed by atoms with Crippen LogP contribution in [0.1, 0.15) is 16.7 Å². The van der Waals surface area contributed by atoms with Crippen LogP contribution in [0.5, 0.6) is 5.75 Å². The predicted octanol–water partition coefficient (Wildman–Crippen LogP) is 4.88. The minimum absolute atomic E-state index is 0.133. The van der Waals surface area contributed by atoms with Gasteiger partial charge in [0.15, 0.2) is 11.5 Å². The fourth-order valence-corrected chi connectivity index (χ4v) is 4.42. The molecule has 0 bridgehead atoms. The zero-order valence-corrected chi connectivity index (χ0v) is 19.4. The molecule has 0 unspecified atom stereocenters. The summed E-state index contributed by atoms with van der Waals surface area (Å²) in [7, 11) is 1.66. The minimum atomic E-state index is -0.797. The van der Waals surface area contributed by atoms with Gasteiger partial charge in [0.05, 0.1) is 13.3 Å². The summed E-state index contributed by atoms with van der Waals surface area (Å²) in [6.07, 6.45) is 1.68. The maximum atomic E-state index is 6.08. The molecule has 8 heteroatoms. The number of aromatic nitrogens is 4. The van der Waals surface area contributed by atoms with Crippen LogP contribution in [0.4, 0.5) is 11.8 Å². The van der Waals surface area contributed by atoms with E-state index >= 15 is 0 Å². The molecule has 0 aliphatic heterocycles. The average molecular weight is 501 g/mol. The van der Waals surface area contributed by atoms with Crippen molar-refractivity contribution in [3.63, 3.8) is 0 Å². The van der Waals surface area contributed by atoms with Crippen LogP contribution in [-0.2, 0) is 5.54 Å². The fourth-order valence-electron chi connectivity index (χ4n) is 4.07. The lowest BCUT2D eigenvalue weighted by molar-refractivity contribution is 0.414. The first-order chi connectivity index (χ1) is 16.1.